The van der Waals surface area contributed by atoms with Crippen molar-refractivity contribution >= 4 is 11.8 Å². The van der Waals surface area contributed by atoms with Gasteiger partial charge < -0.3 is 9.47 Å². The molecule has 0 spiro atoms. The van der Waals surface area contributed by atoms with E-state index in [4.69, 9.17) is 9.47 Å². The third-order valence-electron chi connectivity index (χ3n) is 7.11. The molecule has 1 fully saturated rings. The van der Waals surface area contributed by atoms with Gasteiger partial charge in [-0.1, -0.05) is 76.7 Å². The maximum Gasteiger partial charge on any atom is 0.331 e. The first kappa shape index (κ1) is 27.5. The summed E-state index contributed by atoms with van der Waals surface area (Å²) in [6.45, 7) is 5.43. The number of hydrogen-bond acceptors (Lipinski definition) is 4. The topological polar surface area (TPSA) is 52.6 Å². The quantitative estimate of drug-likeness (QED) is 0.312. The second-order valence-corrected chi connectivity index (χ2v) is 9.83. The predicted molar refractivity (Wildman–Crippen MR) is 131 cm³/mol. The Hall–Kier alpha value is -1.75. The summed E-state index contributed by atoms with van der Waals surface area (Å²) in [7, 11) is 1.51. The highest BCUT2D eigenvalue weighted by Gasteiger charge is 2.30. The molecule has 1 aliphatic heterocycles. The van der Waals surface area contributed by atoms with E-state index in [2.05, 4.69) is 0 Å². The monoisotopic (exact) mass is 462 g/mol. The highest BCUT2D eigenvalue weighted by Crippen LogP contribution is 2.29. The van der Waals surface area contributed by atoms with Gasteiger partial charge in [-0.3, -0.25) is 4.79 Å². The molecule has 0 amide bonds. The van der Waals surface area contributed by atoms with Crippen molar-refractivity contribution in [3.05, 3.63) is 36.0 Å². The third-order valence-corrected chi connectivity index (χ3v) is 7.11. The van der Waals surface area contributed by atoms with Crippen molar-refractivity contribution in [2.75, 3.05) is 7.11 Å². The summed E-state index contributed by atoms with van der Waals surface area (Å²) < 4.78 is 26.2. The number of hydrogen-bond donors (Lipinski definition) is 0. The standard InChI is InChI=1S/C28H43FO4/c1-20-19-21(2)28(22(3)24(30)16-12-15-23-13-8-7-9-14-23)33-26(31)18-11-6-5-10-17-25(32-4)27(20)29/h10-11,17-20,22-23,25,27-28H,5-9,12-16H2,1-4H3/t20-,22-,25+,27+,28?/m1/s1. The highest BCUT2D eigenvalue weighted by molar-refractivity contribution is 5.84. The van der Waals surface area contributed by atoms with Gasteiger partial charge >= 0.3 is 5.97 Å². The molecule has 33 heavy (non-hydrogen) atoms. The van der Waals surface area contributed by atoms with E-state index < -0.39 is 36.2 Å². The van der Waals surface area contributed by atoms with E-state index in [0.717, 1.165) is 18.8 Å². The Morgan fingerprint density at radius 2 is 1.91 bits per heavy atom. The number of esters is 1. The zero-order chi connectivity index (χ0) is 24.2. The van der Waals surface area contributed by atoms with Crippen molar-refractivity contribution < 1.29 is 23.5 Å². The molecule has 1 saturated carbocycles. The van der Waals surface area contributed by atoms with Gasteiger partial charge in [-0.15, -0.1) is 0 Å². The Kier molecular flexibility index (Phi) is 12.1. The average Bonchev–Trinajstić information content (AvgIpc) is 2.81. The number of cyclic esters (lactones) is 1. The van der Waals surface area contributed by atoms with Gasteiger partial charge in [0.2, 0.25) is 0 Å². The minimum Gasteiger partial charge on any atom is -0.454 e. The lowest BCUT2D eigenvalue weighted by Crippen LogP contribution is -2.33. The number of ether oxygens (including phenoxy) is 2. The number of halogens is 1. The van der Waals surface area contributed by atoms with Crippen molar-refractivity contribution in [1.29, 1.82) is 0 Å². The van der Waals surface area contributed by atoms with Crippen LogP contribution in [-0.4, -0.2) is 37.2 Å². The van der Waals surface area contributed by atoms with Crippen LogP contribution in [0.2, 0.25) is 0 Å². The normalized spacial score (nSPS) is 29.1. The second kappa shape index (κ2) is 14.5. The molecular weight excluding hydrogens is 419 g/mol. The lowest BCUT2D eigenvalue weighted by Gasteiger charge is -2.27. The fourth-order valence-electron chi connectivity index (χ4n) is 5.01. The SMILES string of the molecule is CO[C@H]1C=CCCC=CC(=O)OC([C@H](C)C(=O)CCCC2CCCCC2)C(C)=C[C@@H](C)[C@@H]1F. The van der Waals surface area contributed by atoms with Crippen LogP contribution in [0.15, 0.2) is 36.0 Å². The molecule has 0 aromatic heterocycles. The summed E-state index contributed by atoms with van der Waals surface area (Å²) in [6.07, 6.45) is 16.3. The number of carbonyl (C=O) groups is 2. The fraction of sp³-hybridized carbons (Fsp3) is 0.714. The Labute approximate surface area is 199 Å². The number of rotatable bonds is 7. The Balaban J connectivity index is 2.12. The van der Waals surface area contributed by atoms with Gasteiger partial charge in [0.25, 0.3) is 0 Å². The van der Waals surface area contributed by atoms with Crippen LogP contribution in [0.5, 0.6) is 0 Å². The molecule has 0 N–H and O–H groups in total. The van der Waals surface area contributed by atoms with E-state index in [0.29, 0.717) is 24.8 Å². The van der Waals surface area contributed by atoms with Crippen molar-refractivity contribution in [2.45, 2.75) is 103 Å². The summed E-state index contributed by atoms with van der Waals surface area (Å²) in [5.41, 5.74) is 0.705. The fourth-order valence-corrected chi connectivity index (χ4v) is 5.01. The molecule has 0 bridgehead atoms. The Morgan fingerprint density at radius 1 is 1.21 bits per heavy atom. The van der Waals surface area contributed by atoms with Gasteiger partial charge in [-0.2, -0.15) is 0 Å². The maximum atomic E-state index is 15.1. The summed E-state index contributed by atoms with van der Waals surface area (Å²) in [5.74, 6) is -0.543. The molecule has 0 saturated heterocycles. The molecule has 0 radical (unpaired) electrons. The van der Waals surface area contributed by atoms with Crippen LogP contribution in [0.25, 0.3) is 0 Å². The van der Waals surface area contributed by atoms with Gasteiger partial charge in [-0.05, 0) is 37.7 Å². The van der Waals surface area contributed by atoms with Crippen LogP contribution in [-0.2, 0) is 19.1 Å². The number of Topliss-reactive ketones (excluding diaryl/α,β-unsaturated/α-hetero) is 1. The van der Waals surface area contributed by atoms with Crippen molar-refractivity contribution in [2.24, 2.45) is 17.8 Å². The van der Waals surface area contributed by atoms with E-state index in [1.165, 1.54) is 45.3 Å². The maximum absolute atomic E-state index is 15.1. The third kappa shape index (κ3) is 9.19. The lowest BCUT2D eigenvalue weighted by atomic mass is 9.84. The largest absolute Gasteiger partial charge is 0.454 e. The zero-order valence-corrected chi connectivity index (χ0v) is 20.9. The number of alkyl halides is 1. The number of ketones is 1. The average molecular weight is 463 g/mol. The number of allylic oxidation sites excluding steroid dienone is 3. The second-order valence-electron chi connectivity index (χ2n) is 9.83. The summed E-state index contributed by atoms with van der Waals surface area (Å²) in [5, 5.41) is 0. The molecule has 0 aromatic rings. The van der Waals surface area contributed by atoms with Gasteiger partial charge in [0.15, 0.2) is 0 Å². The Bertz CT molecular complexity index is 705. The summed E-state index contributed by atoms with van der Waals surface area (Å²) >= 11 is 0. The van der Waals surface area contributed by atoms with Crippen LogP contribution >= 0.6 is 0 Å². The van der Waals surface area contributed by atoms with Gasteiger partial charge in [0.05, 0.1) is 5.92 Å². The van der Waals surface area contributed by atoms with E-state index >= 15 is 4.39 Å². The predicted octanol–water partition coefficient (Wildman–Crippen LogP) is 6.70. The first-order valence-electron chi connectivity index (χ1n) is 12.7. The van der Waals surface area contributed by atoms with E-state index in [9.17, 15) is 9.59 Å². The Morgan fingerprint density at radius 3 is 2.61 bits per heavy atom. The summed E-state index contributed by atoms with van der Waals surface area (Å²) in [4.78, 5) is 25.5. The molecule has 2 aliphatic rings. The lowest BCUT2D eigenvalue weighted by molar-refractivity contribution is -0.145. The van der Waals surface area contributed by atoms with Crippen molar-refractivity contribution in [1.82, 2.24) is 0 Å². The van der Waals surface area contributed by atoms with Crippen LogP contribution < -0.4 is 0 Å². The molecule has 5 heteroatoms. The molecule has 0 aromatic carbocycles. The first-order valence-corrected chi connectivity index (χ1v) is 12.7. The molecule has 4 nitrogen and oxygen atoms in total. The van der Waals surface area contributed by atoms with Crippen LogP contribution in [0.3, 0.4) is 0 Å². The number of carbonyl (C=O) groups excluding carboxylic acids is 2. The van der Waals surface area contributed by atoms with Gasteiger partial charge in [0.1, 0.15) is 24.2 Å². The molecular formula is C28H43FO4. The minimum absolute atomic E-state index is 0.101. The number of methoxy groups -OCH3 is 1. The van der Waals surface area contributed by atoms with Gasteiger partial charge in [-0.25, -0.2) is 9.18 Å². The highest BCUT2D eigenvalue weighted by atomic mass is 19.1. The van der Waals surface area contributed by atoms with Crippen LogP contribution in [0.1, 0.15) is 85.0 Å². The molecule has 1 aliphatic carbocycles. The molecule has 186 valence electrons. The summed E-state index contributed by atoms with van der Waals surface area (Å²) in [6, 6.07) is 0. The molecule has 1 heterocycles. The first-order chi connectivity index (χ1) is 15.8. The molecule has 5 atom stereocenters. The van der Waals surface area contributed by atoms with Crippen molar-refractivity contribution in [3.63, 3.8) is 0 Å². The zero-order valence-electron chi connectivity index (χ0n) is 20.9. The van der Waals surface area contributed by atoms with E-state index in [-0.39, 0.29) is 5.78 Å². The van der Waals surface area contributed by atoms with Crippen LogP contribution in [0.4, 0.5) is 4.39 Å². The van der Waals surface area contributed by atoms with E-state index in [1.54, 1.807) is 25.2 Å². The van der Waals surface area contributed by atoms with Crippen LogP contribution in [0, 0.1) is 17.8 Å². The minimum atomic E-state index is -1.24. The van der Waals surface area contributed by atoms with Gasteiger partial charge in [0, 0.05) is 25.5 Å². The molecule has 2 rings (SSSR count). The molecule has 1 unspecified atom stereocenters. The van der Waals surface area contributed by atoms with Crippen molar-refractivity contribution in [3.8, 4) is 0 Å². The smallest absolute Gasteiger partial charge is 0.331 e. The van der Waals surface area contributed by atoms with E-state index in [1.807, 2.05) is 19.9 Å².